The molecule has 2 rings (SSSR count). The molecule has 0 bridgehead atoms. The van der Waals surface area contributed by atoms with Gasteiger partial charge in [0.15, 0.2) is 0 Å². The van der Waals surface area contributed by atoms with Crippen LogP contribution >= 0.6 is 0 Å². The summed E-state index contributed by atoms with van der Waals surface area (Å²) in [5.74, 6) is 0.687. The molecule has 0 heterocycles. The normalized spacial score (nSPS) is 12.2. The lowest BCUT2D eigenvalue weighted by Crippen LogP contribution is -2.38. The lowest BCUT2D eigenvalue weighted by molar-refractivity contribution is 0.250. The second kappa shape index (κ2) is 13.2. The highest BCUT2D eigenvalue weighted by atomic mass is 16.2. The Bertz CT molecular complexity index is 760. The van der Waals surface area contributed by atoms with Crippen LogP contribution in [-0.2, 0) is 0 Å². The number of benzene rings is 2. The molecule has 0 aliphatic carbocycles. The zero-order valence-corrected chi connectivity index (χ0v) is 20.0. The number of carbonyl (C=O) groups excluding carboxylic acids is 1. The van der Waals surface area contributed by atoms with E-state index < -0.39 is 0 Å². The van der Waals surface area contributed by atoms with Gasteiger partial charge in [0.25, 0.3) is 0 Å². The van der Waals surface area contributed by atoms with Crippen molar-refractivity contribution in [3.05, 3.63) is 65.2 Å². The molecule has 1 unspecified atom stereocenters. The molecule has 0 saturated carbocycles. The molecule has 3 N–H and O–H groups in total. The average Bonchev–Trinajstić information content (AvgIpc) is 2.76. The van der Waals surface area contributed by atoms with Gasteiger partial charge in [-0.1, -0.05) is 102 Å². The zero-order valence-electron chi connectivity index (χ0n) is 20.0. The molecule has 2 aromatic carbocycles. The second-order valence-corrected chi connectivity index (χ2v) is 8.93. The second-order valence-electron chi connectivity index (χ2n) is 8.93. The van der Waals surface area contributed by atoms with Crippen LogP contribution in [0.15, 0.2) is 48.5 Å². The number of anilines is 1. The van der Waals surface area contributed by atoms with E-state index in [0.717, 1.165) is 18.7 Å². The third-order valence-electron chi connectivity index (χ3n) is 5.70. The number of rotatable bonds is 12. The summed E-state index contributed by atoms with van der Waals surface area (Å²) < 4.78 is 0. The van der Waals surface area contributed by atoms with Gasteiger partial charge in [0.05, 0.1) is 0 Å². The summed E-state index contributed by atoms with van der Waals surface area (Å²) in [6, 6.07) is 16.6. The number of hydrogen-bond acceptors (Lipinski definition) is 2. The maximum Gasteiger partial charge on any atom is 0.319 e. The van der Waals surface area contributed by atoms with Crippen molar-refractivity contribution < 1.29 is 4.79 Å². The van der Waals surface area contributed by atoms with Crippen LogP contribution in [0.2, 0.25) is 0 Å². The van der Waals surface area contributed by atoms with Gasteiger partial charge in [-0.25, -0.2) is 4.79 Å². The van der Waals surface area contributed by atoms with Gasteiger partial charge in [-0.05, 0) is 41.5 Å². The van der Waals surface area contributed by atoms with E-state index in [1.807, 2.05) is 6.07 Å². The highest BCUT2D eigenvalue weighted by Gasteiger charge is 2.17. The van der Waals surface area contributed by atoms with Crippen molar-refractivity contribution in [2.45, 2.75) is 78.2 Å². The van der Waals surface area contributed by atoms with E-state index in [1.54, 1.807) is 0 Å². The van der Waals surface area contributed by atoms with Crippen LogP contribution in [-0.4, -0.2) is 19.1 Å². The van der Waals surface area contributed by atoms with Gasteiger partial charge in [-0.2, -0.15) is 0 Å². The number of amides is 2. The minimum absolute atomic E-state index is 0.0958. The number of unbranched alkanes of at least 4 members (excludes halogenated alkanes) is 3. The average molecular weight is 424 g/mol. The van der Waals surface area contributed by atoms with Crippen LogP contribution in [0, 0.1) is 0 Å². The van der Waals surface area contributed by atoms with Crippen LogP contribution in [0.3, 0.4) is 0 Å². The van der Waals surface area contributed by atoms with E-state index in [0.29, 0.717) is 18.4 Å². The molecule has 0 radical (unpaired) electrons. The monoisotopic (exact) mass is 423 g/mol. The smallest absolute Gasteiger partial charge is 0.319 e. The van der Waals surface area contributed by atoms with Gasteiger partial charge < -0.3 is 16.0 Å². The molecule has 31 heavy (non-hydrogen) atoms. The van der Waals surface area contributed by atoms with E-state index in [-0.39, 0.29) is 12.1 Å². The van der Waals surface area contributed by atoms with E-state index in [2.05, 4.69) is 93.0 Å². The van der Waals surface area contributed by atoms with Gasteiger partial charge >= 0.3 is 6.03 Å². The van der Waals surface area contributed by atoms with Gasteiger partial charge in [-0.15, -0.1) is 0 Å². The Morgan fingerprint density at radius 1 is 0.839 bits per heavy atom. The Balaban J connectivity index is 2.04. The van der Waals surface area contributed by atoms with Crippen molar-refractivity contribution in [3.8, 4) is 0 Å². The summed E-state index contributed by atoms with van der Waals surface area (Å²) in [6.45, 7) is 12.4. The molecule has 0 spiro atoms. The number of carbonyl (C=O) groups is 1. The summed E-state index contributed by atoms with van der Waals surface area (Å²) in [5, 5.41) is 9.89. The molecule has 170 valence electrons. The van der Waals surface area contributed by atoms with Crippen molar-refractivity contribution in [2.24, 2.45) is 0 Å². The van der Waals surface area contributed by atoms with Crippen LogP contribution in [0.25, 0.3) is 0 Å². The Morgan fingerprint density at radius 2 is 1.48 bits per heavy atom. The minimum atomic E-state index is -0.149. The Kier molecular flexibility index (Phi) is 10.6. The van der Waals surface area contributed by atoms with Gasteiger partial charge in [0.2, 0.25) is 0 Å². The molecule has 0 aliphatic heterocycles. The van der Waals surface area contributed by atoms with E-state index in [4.69, 9.17) is 0 Å². The molecule has 2 aromatic rings. The number of hydrogen-bond donors (Lipinski definition) is 3. The largest absolute Gasteiger partial charge is 0.336 e. The number of nitrogens with one attached hydrogen (secondary N) is 3. The number of para-hydroxylation sites is 1. The maximum absolute atomic E-state index is 12.9. The molecule has 2 amide bonds. The first-order valence-electron chi connectivity index (χ1n) is 11.9. The highest BCUT2D eigenvalue weighted by Crippen LogP contribution is 2.32. The predicted octanol–water partition coefficient (Wildman–Crippen LogP) is 6.97. The van der Waals surface area contributed by atoms with E-state index in [1.165, 1.54) is 36.0 Å². The molecule has 0 saturated heterocycles. The van der Waals surface area contributed by atoms with Crippen molar-refractivity contribution in [2.75, 3.05) is 18.4 Å². The molecule has 0 fully saturated rings. The maximum atomic E-state index is 12.9. The Hall–Kier alpha value is -2.33. The first-order valence-corrected chi connectivity index (χ1v) is 11.9. The van der Waals surface area contributed by atoms with Crippen LogP contribution < -0.4 is 16.0 Å². The molecule has 0 aromatic heterocycles. The molecular weight excluding hydrogens is 382 g/mol. The fraction of sp³-hybridized carbons (Fsp3) is 0.519. The Labute approximate surface area is 189 Å². The summed E-state index contributed by atoms with van der Waals surface area (Å²) in [6.07, 6.45) is 4.90. The van der Waals surface area contributed by atoms with E-state index >= 15 is 0 Å². The summed E-state index contributed by atoms with van der Waals surface area (Å²) in [7, 11) is 0. The summed E-state index contributed by atoms with van der Waals surface area (Å²) in [4.78, 5) is 12.9. The fourth-order valence-corrected chi connectivity index (χ4v) is 3.87. The topological polar surface area (TPSA) is 53.2 Å². The predicted molar refractivity (Wildman–Crippen MR) is 133 cm³/mol. The zero-order chi connectivity index (χ0) is 22.6. The van der Waals surface area contributed by atoms with Gasteiger partial charge in [-0.3, -0.25) is 0 Å². The first kappa shape index (κ1) is 24.9. The molecule has 4 nitrogen and oxygen atoms in total. The van der Waals surface area contributed by atoms with Gasteiger partial charge in [0.1, 0.15) is 0 Å². The van der Waals surface area contributed by atoms with Crippen LogP contribution in [0.1, 0.15) is 94.9 Å². The Morgan fingerprint density at radius 3 is 2.06 bits per heavy atom. The lowest BCUT2D eigenvalue weighted by Gasteiger charge is -2.22. The van der Waals surface area contributed by atoms with Crippen molar-refractivity contribution in [1.82, 2.24) is 10.6 Å². The minimum Gasteiger partial charge on any atom is -0.336 e. The quantitative estimate of drug-likeness (QED) is 0.323. The third-order valence-corrected chi connectivity index (χ3v) is 5.70. The first-order chi connectivity index (χ1) is 14.9. The summed E-state index contributed by atoms with van der Waals surface area (Å²) >= 11 is 0. The van der Waals surface area contributed by atoms with Crippen molar-refractivity contribution in [1.29, 1.82) is 0 Å². The van der Waals surface area contributed by atoms with E-state index in [9.17, 15) is 4.79 Å². The fourth-order valence-electron chi connectivity index (χ4n) is 3.87. The summed E-state index contributed by atoms with van der Waals surface area (Å²) in [5.41, 5.74) is 4.50. The standard InChI is InChI=1S/C27H41N3O/c1-6-7-8-12-18-28-25(22-14-10-9-11-15-22)19-29-27(31)30-26-23(20(2)3)16-13-17-24(26)21(4)5/h9-11,13-17,20-21,25,28H,6-8,12,18-19H2,1-5H3,(H2,29,30,31). The van der Waals surface area contributed by atoms with Crippen LogP contribution in [0.4, 0.5) is 10.5 Å². The lowest BCUT2D eigenvalue weighted by atomic mass is 9.93. The van der Waals surface area contributed by atoms with Crippen LogP contribution in [0.5, 0.6) is 0 Å². The molecular formula is C27H41N3O. The van der Waals surface area contributed by atoms with Gasteiger partial charge in [0, 0.05) is 18.3 Å². The molecule has 1 atom stereocenters. The van der Waals surface area contributed by atoms with Crippen molar-refractivity contribution in [3.63, 3.8) is 0 Å². The van der Waals surface area contributed by atoms with Crippen molar-refractivity contribution >= 4 is 11.7 Å². The molecule has 4 heteroatoms. The third kappa shape index (κ3) is 8.02. The highest BCUT2D eigenvalue weighted by molar-refractivity contribution is 5.91. The molecule has 0 aliphatic rings. The SMILES string of the molecule is CCCCCCNC(CNC(=O)Nc1c(C(C)C)cccc1C(C)C)c1ccccc1. The number of urea groups is 1.